The van der Waals surface area contributed by atoms with Gasteiger partial charge in [-0.05, 0) is 48.7 Å². The van der Waals surface area contributed by atoms with E-state index in [1.807, 2.05) is 43.3 Å². The summed E-state index contributed by atoms with van der Waals surface area (Å²) in [5, 5.41) is 6.13. The molecule has 2 atom stereocenters. The number of aromatic nitrogens is 1. The van der Waals surface area contributed by atoms with E-state index in [-0.39, 0.29) is 42.9 Å². The lowest BCUT2D eigenvalue weighted by Gasteiger charge is -2.29. The van der Waals surface area contributed by atoms with Crippen LogP contribution in [0.2, 0.25) is 0 Å². The normalized spacial score (nSPS) is 19.2. The van der Waals surface area contributed by atoms with Gasteiger partial charge in [-0.3, -0.25) is 9.78 Å². The molecule has 7 heteroatoms. The summed E-state index contributed by atoms with van der Waals surface area (Å²) < 4.78 is 5.51. The van der Waals surface area contributed by atoms with Crippen molar-refractivity contribution in [3.05, 3.63) is 59.9 Å². The van der Waals surface area contributed by atoms with Crippen LogP contribution in [-0.2, 0) is 16.0 Å². The molecule has 25 heavy (non-hydrogen) atoms. The highest BCUT2D eigenvalue weighted by molar-refractivity contribution is 5.95. The van der Waals surface area contributed by atoms with Gasteiger partial charge in [0.05, 0.1) is 12.7 Å². The summed E-state index contributed by atoms with van der Waals surface area (Å²) in [6, 6.07) is 11.6. The lowest BCUT2D eigenvalue weighted by molar-refractivity contribution is -0.123. The third-order valence-corrected chi connectivity index (χ3v) is 3.98. The van der Waals surface area contributed by atoms with Crippen LogP contribution in [0.5, 0.6) is 0 Å². The van der Waals surface area contributed by atoms with E-state index >= 15 is 0 Å². The third kappa shape index (κ3) is 5.97. The van der Waals surface area contributed by atoms with Gasteiger partial charge in [0.1, 0.15) is 6.04 Å². The maximum atomic E-state index is 12.3. The molecule has 0 saturated carbocycles. The molecule has 3 rings (SSSR count). The molecule has 136 valence electrons. The highest BCUT2D eigenvalue weighted by atomic mass is 35.5. The Morgan fingerprint density at radius 3 is 2.44 bits per heavy atom. The Bertz CT molecular complexity index is 653. The topological polar surface area (TPSA) is 63.2 Å². The molecular formula is C18H23Cl2N3O2. The second-order valence-corrected chi connectivity index (χ2v) is 5.73. The fourth-order valence-corrected chi connectivity index (χ4v) is 2.69. The van der Waals surface area contributed by atoms with Crippen molar-refractivity contribution < 1.29 is 9.53 Å². The van der Waals surface area contributed by atoms with Crippen LogP contribution in [-0.4, -0.2) is 36.2 Å². The molecule has 2 aromatic rings. The van der Waals surface area contributed by atoms with E-state index in [0.717, 1.165) is 12.1 Å². The first-order chi connectivity index (χ1) is 11.2. The number of carbonyl (C=O) groups is 1. The molecule has 2 heterocycles. The number of morpholine rings is 1. The standard InChI is InChI=1S/C18H21N3O2.2ClH/c1-13-17(20-10-11-23-13)18(22)21-16-4-2-14(3-5-16)12-15-6-8-19-9-7-15;;/h2-9,13,17,20H,10-12H2,1H3,(H,21,22);2*1H/t13-,17+;;/m1../s1. The average Bonchev–Trinajstić information content (AvgIpc) is 2.58. The minimum Gasteiger partial charge on any atom is -0.375 e. The fourth-order valence-electron chi connectivity index (χ4n) is 2.69. The summed E-state index contributed by atoms with van der Waals surface area (Å²) >= 11 is 0. The van der Waals surface area contributed by atoms with E-state index < -0.39 is 0 Å². The minimum absolute atomic E-state index is 0. The molecule has 0 spiro atoms. The SMILES string of the molecule is C[C@H]1OCCN[C@@H]1C(=O)Nc1ccc(Cc2ccncc2)cc1.Cl.Cl. The Morgan fingerprint density at radius 2 is 1.80 bits per heavy atom. The van der Waals surface area contributed by atoms with Crippen LogP contribution < -0.4 is 10.6 Å². The summed E-state index contributed by atoms with van der Waals surface area (Å²) in [5.74, 6) is -0.0564. The Hall–Kier alpha value is -1.66. The van der Waals surface area contributed by atoms with Crippen LogP contribution in [0.1, 0.15) is 18.1 Å². The molecule has 0 bridgehead atoms. The zero-order chi connectivity index (χ0) is 16.1. The first-order valence-electron chi connectivity index (χ1n) is 7.86. The zero-order valence-electron chi connectivity index (χ0n) is 14.0. The van der Waals surface area contributed by atoms with Crippen LogP contribution in [0.3, 0.4) is 0 Å². The van der Waals surface area contributed by atoms with Gasteiger partial charge in [0, 0.05) is 24.6 Å². The number of nitrogens with one attached hydrogen (secondary N) is 2. The number of nitrogens with zero attached hydrogens (tertiary/aromatic N) is 1. The quantitative estimate of drug-likeness (QED) is 0.851. The molecule has 1 saturated heterocycles. The number of amides is 1. The number of halogens is 2. The highest BCUT2D eigenvalue weighted by Crippen LogP contribution is 2.14. The second-order valence-electron chi connectivity index (χ2n) is 5.73. The van der Waals surface area contributed by atoms with Gasteiger partial charge in [-0.15, -0.1) is 24.8 Å². The van der Waals surface area contributed by atoms with Crippen molar-refractivity contribution in [2.45, 2.75) is 25.5 Å². The van der Waals surface area contributed by atoms with Gasteiger partial charge in [-0.1, -0.05) is 12.1 Å². The van der Waals surface area contributed by atoms with Crippen LogP contribution in [0, 0.1) is 0 Å². The van der Waals surface area contributed by atoms with Crippen LogP contribution in [0.25, 0.3) is 0 Å². The number of pyridine rings is 1. The van der Waals surface area contributed by atoms with Gasteiger partial charge in [0.15, 0.2) is 0 Å². The number of benzene rings is 1. The fraction of sp³-hybridized carbons (Fsp3) is 0.333. The molecule has 1 fully saturated rings. The summed E-state index contributed by atoms with van der Waals surface area (Å²) in [6.45, 7) is 3.26. The smallest absolute Gasteiger partial charge is 0.244 e. The van der Waals surface area contributed by atoms with Gasteiger partial charge in [-0.2, -0.15) is 0 Å². The van der Waals surface area contributed by atoms with Crippen molar-refractivity contribution >= 4 is 36.4 Å². The Kier molecular flexibility index (Phi) is 8.86. The van der Waals surface area contributed by atoms with Gasteiger partial charge in [0.25, 0.3) is 0 Å². The van der Waals surface area contributed by atoms with E-state index in [4.69, 9.17) is 4.74 Å². The van der Waals surface area contributed by atoms with Crippen molar-refractivity contribution in [1.82, 2.24) is 10.3 Å². The lowest BCUT2D eigenvalue weighted by atomic mass is 10.1. The number of hydrogen-bond donors (Lipinski definition) is 2. The number of hydrogen-bond acceptors (Lipinski definition) is 4. The Morgan fingerprint density at radius 1 is 1.16 bits per heavy atom. The van der Waals surface area contributed by atoms with Crippen molar-refractivity contribution in [1.29, 1.82) is 0 Å². The van der Waals surface area contributed by atoms with E-state index in [9.17, 15) is 4.79 Å². The number of anilines is 1. The Balaban J connectivity index is 0.00000156. The maximum Gasteiger partial charge on any atom is 0.244 e. The molecule has 0 radical (unpaired) electrons. The molecule has 0 unspecified atom stereocenters. The predicted molar refractivity (Wildman–Crippen MR) is 104 cm³/mol. The van der Waals surface area contributed by atoms with Crippen LogP contribution in [0.4, 0.5) is 5.69 Å². The molecule has 0 aliphatic carbocycles. The van der Waals surface area contributed by atoms with Gasteiger partial charge >= 0.3 is 0 Å². The first kappa shape index (κ1) is 21.4. The monoisotopic (exact) mass is 383 g/mol. The van der Waals surface area contributed by atoms with E-state index in [1.54, 1.807) is 12.4 Å². The van der Waals surface area contributed by atoms with E-state index in [2.05, 4.69) is 15.6 Å². The molecule has 1 aliphatic rings. The number of carbonyl (C=O) groups excluding carboxylic acids is 1. The Labute approximate surface area is 160 Å². The molecule has 1 aromatic carbocycles. The van der Waals surface area contributed by atoms with E-state index in [1.165, 1.54) is 11.1 Å². The van der Waals surface area contributed by atoms with Crippen molar-refractivity contribution in [2.75, 3.05) is 18.5 Å². The van der Waals surface area contributed by atoms with Crippen molar-refractivity contribution in [3.63, 3.8) is 0 Å². The molecule has 2 N–H and O–H groups in total. The summed E-state index contributed by atoms with van der Waals surface area (Å²) in [5.41, 5.74) is 3.21. The van der Waals surface area contributed by atoms with Crippen molar-refractivity contribution in [3.8, 4) is 0 Å². The summed E-state index contributed by atoms with van der Waals surface area (Å²) in [4.78, 5) is 16.3. The van der Waals surface area contributed by atoms with Gasteiger partial charge in [-0.25, -0.2) is 0 Å². The molecule has 1 aliphatic heterocycles. The average molecular weight is 384 g/mol. The zero-order valence-corrected chi connectivity index (χ0v) is 15.6. The van der Waals surface area contributed by atoms with Crippen molar-refractivity contribution in [2.24, 2.45) is 0 Å². The van der Waals surface area contributed by atoms with Crippen LogP contribution >= 0.6 is 24.8 Å². The van der Waals surface area contributed by atoms with Gasteiger partial charge < -0.3 is 15.4 Å². The molecule has 1 aromatic heterocycles. The largest absolute Gasteiger partial charge is 0.375 e. The number of ether oxygens (including phenoxy) is 1. The maximum absolute atomic E-state index is 12.3. The summed E-state index contributed by atoms with van der Waals surface area (Å²) in [6.07, 6.45) is 4.33. The third-order valence-electron chi connectivity index (χ3n) is 3.98. The first-order valence-corrected chi connectivity index (χ1v) is 7.86. The molecule has 1 amide bonds. The highest BCUT2D eigenvalue weighted by Gasteiger charge is 2.28. The van der Waals surface area contributed by atoms with E-state index in [0.29, 0.717) is 13.2 Å². The molecular weight excluding hydrogens is 361 g/mol. The lowest BCUT2D eigenvalue weighted by Crippen LogP contribution is -2.53. The van der Waals surface area contributed by atoms with Gasteiger partial charge in [0.2, 0.25) is 5.91 Å². The number of rotatable bonds is 4. The predicted octanol–water partition coefficient (Wildman–Crippen LogP) is 2.83. The minimum atomic E-state index is -0.305. The van der Waals surface area contributed by atoms with Crippen LogP contribution in [0.15, 0.2) is 48.8 Å². The second kappa shape index (κ2) is 10.4. The summed E-state index contributed by atoms with van der Waals surface area (Å²) in [7, 11) is 0. The molecule has 5 nitrogen and oxygen atoms in total.